The third kappa shape index (κ3) is 15.1. The minimum atomic E-state index is -2.84. The van der Waals surface area contributed by atoms with E-state index in [9.17, 15) is 29.4 Å². The van der Waals surface area contributed by atoms with Gasteiger partial charge in [0, 0.05) is 58.7 Å². The second kappa shape index (κ2) is 25.1. The van der Waals surface area contributed by atoms with Crippen LogP contribution in [0.1, 0.15) is 146 Å². The Morgan fingerprint density at radius 3 is 2.07 bits per heavy atom. The molecule has 0 spiro atoms. The van der Waals surface area contributed by atoms with Crippen LogP contribution in [0, 0.1) is 35.5 Å². The van der Waals surface area contributed by atoms with Crippen molar-refractivity contribution in [1.82, 2.24) is 4.90 Å². The van der Waals surface area contributed by atoms with Crippen LogP contribution in [0.3, 0.4) is 0 Å². The molecule has 1 aliphatic carbocycles. The van der Waals surface area contributed by atoms with Gasteiger partial charge in [-0.15, -0.1) is 0 Å². The van der Waals surface area contributed by atoms with Gasteiger partial charge >= 0.3 is 5.97 Å². The Bertz CT molecular complexity index is 1870. The molecule has 1 saturated carbocycles. The van der Waals surface area contributed by atoms with Crippen molar-refractivity contribution in [2.75, 3.05) is 34.5 Å². The van der Waals surface area contributed by atoms with Gasteiger partial charge in [-0.05, 0) is 144 Å². The molecule has 4 rings (SSSR count). The molecule has 71 heavy (non-hydrogen) atoms. The number of fused-ring (bicyclic) bond motifs is 3. The fraction of sp³-hybridized carbons (Fsp3) is 0.855. The van der Waals surface area contributed by atoms with Crippen molar-refractivity contribution in [2.45, 2.75) is 231 Å². The number of Topliss-reactive ketones (excluding diaryl/α,β-unsaturated/α-hetero) is 2. The van der Waals surface area contributed by atoms with Crippen LogP contribution in [-0.2, 0) is 47.3 Å². The maximum absolute atomic E-state index is 15.0. The highest BCUT2D eigenvalue weighted by Crippen LogP contribution is 2.47. The number of piperidine rings is 1. The van der Waals surface area contributed by atoms with Gasteiger partial charge < -0.3 is 48.0 Å². The summed E-state index contributed by atoms with van der Waals surface area (Å²) in [5, 5.41) is 22.1. The van der Waals surface area contributed by atoms with E-state index in [1.165, 1.54) is 12.0 Å². The minimum absolute atomic E-state index is 0.0156. The molecule has 7 unspecified atom stereocenters. The standard InChI is InChI=1S/C55H97NO13Si2/c1-34-26-35(2)28-46(65-12)49-47(66-13)30-37(4)55(62,68-49)50(59)51(60)56-24-19-18-20-42(56)52(61)67-48(36(3)29-39-21-22-44(45(31-39)64-11)69-71(16,17)53(6,7)8)38(5)41(33-54(9,10)70(14,15)63)32-43(58)40(27-34)23-25-57/h27,29,35,37-42,44-49,57,62-63H,18-26,28,30-33H2,1-17H3/b34-27+,36-29+/t35-,37?,38+,39?,40+,41?,42?,44?,45?,46-,47-,48+,49+,55?/m0/s1. The molecule has 0 radical (unpaired) electrons. The van der Waals surface area contributed by atoms with E-state index in [-0.39, 0.29) is 79.6 Å². The van der Waals surface area contributed by atoms with Crippen LogP contribution in [0.4, 0.5) is 0 Å². The Kier molecular flexibility index (Phi) is 21.8. The molecule has 1 amide bonds. The van der Waals surface area contributed by atoms with Crippen LogP contribution < -0.4 is 0 Å². The first-order valence-electron chi connectivity index (χ1n) is 26.8. The predicted octanol–water partition coefficient (Wildman–Crippen LogP) is 9.10. The van der Waals surface area contributed by atoms with Crippen molar-refractivity contribution >= 4 is 40.1 Å². The normalized spacial score (nSPS) is 36.3. The van der Waals surface area contributed by atoms with Crippen LogP contribution in [0.15, 0.2) is 23.3 Å². The number of hydrogen-bond donors (Lipinski definition) is 3. The Balaban J connectivity index is 1.89. The van der Waals surface area contributed by atoms with Gasteiger partial charge in [0.25, 0.3) is 11.7 Å². The number of carbonyl (C=O) groups excluding carboxylic acids is 4. The number of esters is 1. The SMILES string of the molecule is COC1CC(/C=C(\C)[C@H]2OC(=O)C3CCCCN3C(=O)C(=O)C3(O)O[C@@H]([C@@H](OC)CC3C)[C@@H](OC)C[C@@H](C)C/C(C)=C/[C@@H](CCO)C(=O)CC(CC(C)(C)[Si](C)(C)O)[C@H]2C)CCC1O[Si](C)(C)C(C)(C)C. The Morgan fingerprint density at radius 2 is 1.49 bits per heavy atom. The van der Waals surface area contributed by atoms with E-state index in [0.717, 1.165) is 24.0 Å². The molecular weight excluding hydrogens is 939 g/mol. The molecule has 2 bridgehead atoms. The van der Waals surface area contributed by atoms with E-state index in [1.54, 1.807) is 21.1 Å². The summed E-state index contributed by atoms with van der Waals surface area (Å²) in [5.74, 6) is -7.62. The number of cyclic esters (lactones) is 1. The van der Waals surface area contributed by atoms with Gasteiger partial charge in [0.05, 0.1) is 24.4 Å². The maximum Gasteiger partial charge on any atom is 0.329 e. The first-order valence-corrected chi connectivity index (χ1v) is 32.7. The third-order valence-corrected chi connectivity index (χ3v) is 25.8. The molecule has 2 saturated heterocycles. The highest BCUT2D eigenvalue weighted by Gasteiger charge is 2.57. The molecule has 3 N–H and O–H groups in total. The molecule has 408 valence electrons. The summed E-state index contributed by atoms with van der Waals surface area (Å²) in [4.78, 5) is 72.0. The lowest BCUT2D eigenvalue weighted by atomic mass is 9.75. The van der Waals surface area contributed by atoms with E-state index in [2.05, 4.69) is 46.9 Å². The van der Waals surface area contributed by atoms with E-state index in [1.807, 2.05) is 53.8 Å². The molecule has 0 aromatic heterocycles. The number of nitrogens with zero attached hydrogens (tertiary/aromatic N) is 1. The van der Waals surface area contributed by atoms with E-state index in [0.29, 0.717) is 38.5 Å². The Labute approximate surface area is 430 Å². The summed E-state index contributed by atoms with van der Waals surface area (Å²) >= 11 is 0. The smallest absolute Gasteiger partial charge is 0.329 e. The lowest BCUT2D eigenvalue weighted by Gasteiger charge is -2.47. The third-order valence-electron chi connectivity index (χ3n) is 17.7. The Morgan fingerprint density at radius 1 is 0.873 bits per heavy atom. The fourth-order valence-electron chi connectivity index (χ4n) is 11.4. The lowest BCUT2D eigenvalue weighted by molar-refractivity contribution is -0.302. The summed E-state index contributed by atoms with van der Waals surface area (Å²) < 4.78 is 38.0. The molecule has 16 heteroatoms. The topological polar surface area (TPSA) is 188 Å². The summed E-state index contributed by atoms with van der Waals surface area (Å²) in [6.45, 7) is 28.7. The van der Waals surface area contributed by atoms with Crippen molar-refractivity contribution in [3.8, 4) is 0 Å². The number of hydrogen-bond acceptors (Lipinski definition) is 13. The molecule has 0 aromatic carbocycles. The van der Waals surface area contributed by atoms with Gasteiger partial charge in [-0.3, -0.25) is 14.4 Å². The maximum atomic E-state index is 15.0. The van der Waals surface area contributed by atoms with Crippen molar-refractivity contribution in [1.29, 1.82) is 0 Å². The van der Waals surface area contributed by atoms with Crippen molar-refractivity contribution in [2.24, 2.45) is 35.5 Å². The molecule has 3 aliphatic heterocycles. The highest BCUT2D eigenvalue weighted by molar-refractivity contribution is 6.74. The van der Waals surface area contributed by atoms with Crippen molar-refractivity contribution < 1.29 is 62.3 Å². The number of allylic oxidation sites excluding steroid dienone is 3. The number of ketones is 2. The molecule has 0 aromatic rings. The highest BCUT2D eigenvalue weighted by atomic mass is 28.4. The molecule has 3 heterocycles. The second-order valence-corrected chi connectivity index (χ2v) is 34.2. The summed E-state index contributed by atoms with van der Waals surface area (Å²) in [5.41, 5.74) is 1.76. The van der Waals surface area contributed by atoms with Crippen molar-refractivity contribution in [3.63, 3.8) is 0 Å². The van der Waals surface area contributed by atoms with Crippen LogP contribution in [-0.4, -0.2) is 143 Å². The van der Waals surface area contributed by atoms with Crippen LogP contribution in [0.25, 0.3) is 0 Å². The Hall–Kier alpha value is -2.13. The predicted molar refractivity (Wildman–Crippen MR) is 281 cm³/mol. The van der Waals surface area contributed by atoms with Gasteiger partial charge in [-0.2, -0.15) is 0 Å². The van der Waals surface area contributed by atoms with E-state index < -0.39 is 93.3 Å². The molecular formula is C55H97NO13Si2. The van der Waals surface area contributed by atoms with Gasteiger partial charge in [0.15, 0.2) is 16.6 Å². The quantitative estimate of drug-likeness (QED) is 0.0728. The number of amides is 1. The zero-order valence-electron chi connectivity index (χ0n) is 46.9. The van der Waals surface area contributed by atoms with E-state index >= 15 is 4.79 Å². The van der Waals surface area contributed by atoms with Crippen LogP contribution >= 0.6 is 0 Å². The summed E-state index contributed by atoms with van der Waals surface area (Å²) in [6, 6.07) is -1.13. The first kappa shape index (κ1) is 61.4. The van der Waals surface area contributed by atoms with Crippen molar-refractivity contribution in [3.05, 3.63) is 23.3 Å². The average molecular weight is 1040 g/mol. The monoisotopic (exact) mass is 1040 g/mol. The van der Waals surface area contributed by atoms with Crippen LogP contribution in [0.5, 0.6) is 0 Å². The molecule has 4 aliphatic rings. The lowest BCUT2D eigenvalue weighted by Crippen LogP contribution is -2.64. The summed E-state index contributed by atoms with van der Waals surface area (Å²) in [7, 11) is -0.136. The molecule has 14 nitrogen and oxygen atoms in total. The molecule has 3 fully saturated rings. The first-order chi connectivity index (χ1) is 32.9. The van der Waals surface area contributed by atoms with Gasteiger partial charge in [0.2, 0.25) is 5.79 Å². The average Bonchev–Trinajstić information content (AvgIpc) is 3.28. The van der Waals surface area contributed by atoms with Gasteiger partial charge in [-0.25, -0.2) is 4.79 Å². The number of aliphatic hydroxyl groups excluding tert-OH is 1. The minimum Gasteiger partial charge on any atom is -0.456 e. The van der Waals surface area contributed by atoms with Gasteiger partial charge in [0.1, 0.15) is 24.0 Å². The second-order valence-electron chi connectivity index (χ2n) is 24.9. The number of rotatable bonds is 12. The zero-order chi connectivity index (χ0) is 53.6. The number of carbonyl (C=O) groups is 4. The fourth-order valence-corrected chi connectivity index (χ4v) is 13.5. The number of ether oxygens (including phenoxy) is 5. The van der Waals surface area contributed by atoms with Gasteiger partial charge in [-0.1, -0.05) is 73.1 Å². The molecule has 14 atom stereocenters. The van der Waals surface area contributed by atoms with Crippen LogP contribution in [0.2, 0.25) is 36.3 Å². The number of aliphatic hydroxyl groups is 2. The number of methoxy groups -OCH3 is 3. The summed E-state index contributed by atoms with van der Waals surface area (Å²) in [6.07, 6.45) is 6.71. The largest absolute Gasteiger partial charge is 0.456 e. The van der Waals surface area contributed by atoms with E-state index in [4.69, 9.17) is 28.1 Å². The zero-order valence-corrected chi connectivity index (χ0v) is 48.9.